The van der Waals surface area contributed by atoms with Crippen LogP contribution in [0.5, 0.6) is 0 Å². The molecule has 0 radical (unpaired) electrons. The van der Waals surface area contributed by atoms with Gasteiger partial charge in [-0.1, -0.05) is 165 Å². The molecule has 0 saturated heterocycles. The summed E-state index contributed by atoms with van der Waals surface area (Å²) >= 11 is 0. The number of hydrogen-bond donors (Lipinski definition) is 0. The van der Waals surface area contributed by atoms with Gasteiger partial charge in [0.2, 0.25) is 5.91 Å². The third kappa shape index (κ3) is 39.6. The average molecular weight is 557 g/mol. The van der Waals surface area contributed by atoms with Crippen LogP contribution in [0.3, 0.4) is 0 Å². The Bertz CT molecular complexity index is 407. The second-order valence-corrected chi connectivity index (χ2v) is 11.3. The van der Waals surface area contributed by atoms with Gasteiger partial charge in [0.1, 0.15) is 0 Å². The van der Waals surface area contributed by atoms with Crippen LogP contribution in [0.1, 0.15) is 197 Å². The molecule has 0 heterocycles. The molecule has 0 spiro atoms. The van der Waals surface area contributed by atoms with Crippen molar-refractivity contribution in [1.82, 2.24) is 9.80 Å². The summed E-state index contributed by atoms with van der Waals surface area (Å²) in [5.41, 5.74) is 0. The van der Waals surface area contributed by atoms with Gasteiger partial charge in [0.05, 0.1) is 0 Å². The van der Waals surface area contributed by atoms with Crippen molar-refractivity contribution in [2.75, 3.05) is 27.2 Å². The number of rotatable bonds is 23. The smallest absolute Gasteiger partial charge is 0.222 e. The predicted octanol–water partition coefficient (Wildman–Crippen LogP) is 12.1. The molecule has 39 heavy (non-hydrogen) atoms. The summed E-state index contributed by atoms with van der Waals surface area (Å²) in [6.45, 7) is 21.5. The normalized spacial score (nSPS) is 11.0. The van der Waals surface area contributed by atoms with Crippen LogP contribution in [0.25, 0.3) is 0 Å². The van der Waals surface area contributed by atoms with Crippen LogP contribution >= 0.6 is 0 Å². The minimum absolute atomic E-state index is 0.406. The van der Waals surface area contributed by atoms with Crippen molar-refractivity contribution in [1.29, 1.82) is 0 Å². The molecule has 3 nitrogen and oxygen atoms in total. The maximum Gasteiger partial charge on any atom is 0.222 e. The Morgan fingerprint density at radius 2 is 0.923 bits per heavy atom. The van der Waals surface area contributed by atoms with Crippen molar-refractivity contribution in [3.8, 4) is 0 Å². The Morgan fingerprint density at radius 1 is 0.538 bits per heavy atom. The van der Waals surface area contributed by atoms with Gasteiger partial charge >= 0.3 is 0 Å². The fraction of sp³-hybridized carbons (Fsp3) is 0.972. The molecule has 240 valence electrons. The van der Waals surface area contributed by atoms with E-state index in [-0.39, 0.29) is 0 Å². The van der Waals surface area contributed by atoms with Gasteiger partial charge in [-0.15, -0.1) is 0 Å². The Balaban J connectivity index is -0.000000426. The zero-order chi connectivity index (χ0) is 30.6. The molecule has 3 heteroatoms. The van der Waals surface area contributed by atoms with E-state index in [2.05, 4.69) is 72.4 Å². The van der Waals surface area contributed by atoms with E-state index in [1.165, 1.54) is 109 Å². The van der Waals surface area contributed by atoms with Gasteiger partial charge in [-0.05, 0) is 46.3 Å². The van der Waals surface area contributed by atoms with E-state index in [4.69, 9.17) is 0 Å². The fourth-order valence-electron chi connectivity index (χ4n) is 4.51. The van der Waals surface area contributed by atoms with Gasteiger partial charge in [0.25, 0.3) is 0 Å². The predicted molar refractivity (Wildman–Crippen MR) is 182 cm³/mol. The molecule has 1 unspecified atom stereocenters. The molecule has 0 N–H and O–H groups in total. The topological polar surface area (TPSA) is 23.6 Å². The van der Waals surface area contributed by atoms with Crippen molar-refractivity contribution in [3.05, 3.63) is 0 Å². The monoisotopic (exact) mass is 557 g/mol. The van der Waals surface area contributed by atoms with Crippen LogP contribution in [0.2, 0.25) is 0 Å². The zero-order valence-corrected chi connectivity index (χ0v) is 29.6. The highest BCUT2D eigenvalue weighted by atomic mass is 16.2. The largest absolute Gasteiger partial charge is 0.340 e. The summed E-state index contributed by atoms with van der Waals surface area (Å²) in [6, 6.07) is 0.446. The fourth-order valence-corrected chi connectivity index (χ4v) is 4.51. The first-order valence-electron chi connectivity index (χ1n) is 17.8. The van der Waals surface area contributed by atoms with Crippen LogP contribution in [-0.4, -0.2) is 48.9 Å². The number of hydrogen-bond acceptors (Lipinski definition) is 2. The minimum atomic E-state index is 0.406. The number of carbonyl (C=O) groups excluding carboxylic acids is 1. The van der Waals surface area contributed by atoms with E-state index in [9.17, 15) is 4.79 Å². The molecule has 0 aliphatic carbocycles. The van der Waals surface area contributed by atoms with Gasteiger partial charge < -0.3 is 9.80 Å². The Labute approximate surface area is 250 Å². The Kier molecular flexibility index (Phi) is 48.8. The number of unbranched alkanes of at least 4 members (excludes halogenated alkanes) is 13. The summed E-state index contributed by atoms with van der Waals surface area (Å²) < 4.78 is 0. The van der Waals surface area contributed by atoms with E-state index >= 15 is 0 Å². The van der Waals surface area contributed by atoms with E-state index in [0.29, 0.717) is 11.9 Å². The van der Waals surface area contributed by atoms with Crippen molar-refractivity contribution in [2.24, 2.45) is 0 Å². The van der Waals surface area contributed by atoms with Crippen molar-refractivity contribution >= 4 is 5.91 Å². The molecule has 1 amide bonds. The van der Waals surface area contributed by atoms with E-state index in [1.807, 2.05) is 13.8 Å². The number of carbonyl (C=O) groups is 1. The third-order valence-electron chi connectivity index (χ3n) is 6.83. The van der Waals surface area contributed by atoms with Gasteiger partial charge in [0, 0.05) is 19.0 Å². The maximum absolute atomic E-state index is 12.9. The first-order valence-corrected chi connectivity index (χ1v) is 17.8. The Hall–Kier alpha value is -0.570. The van der Waals surface area contributed by atoms with Crippen LogP contribution in [0, 0.1) is 0 Å². The molecule has 0 fully saturated rings. The maximum atomic E-state index is 12.9. The SMILES string of the molecule is CC.CCC.CCCCCCC.CCCCCCCCC(CC)N(CCCN(C)C)C(=O)CCCCCCC. The van der Waals surface area contributed by atoms with Crippen LogP contribution in [-0.2, 0) is 4.79 Å². The van der Waals surface area contributed by atoms with Crippen molar-refractivity contribution < 1.29 is 4.79 Å². The van der Waals surface area contributed by atoms with E-state index in [0.717, 1.165) is 38.8 Å². The van der Waals surface area contributed by atoms with Crippen LogP contribution in [0.4, 0.5) is 0 Å². The second kappa shape index (κ2) is 41.9. The highest BCUT2D eigenvalue weighted by Gasteiger charge is 2.21. The van der Waals surface area contributed by atoms with Gasteiger partial charge in [0.15, 0.2) is 0 Å². The molecule has 0 bridgehead atoms. The first kappa shape index (κ1) is 45.4. The molecule has 0 aromatic carbocycles. The van der Waals surface area contributed by atoms with Gasteiger partial charge in [-0.25, -0.2) is 0 Å². The minimum Gasteiger partial charge on any atom is -0.340 e. The molecule has 0 rings (SSSR count). The molecule has 0 aromatic rings. The van der Waals surface area contributed by atoms with Crippen molar-refractivity contribution in [2.45, 2.75) is 203 Å². The third-order valence-corrected chi connectivity index (χ3v) is 6.83. The number of amides is 1. The lowest BCUT2D eigenvalue weighted by atomic mass is 10.0. The van der Waals surface area contributed by atoms with Crippen LogP contribution in [0.15, 0.2) is 0 Å². The van der Waals surface area contributed by atoms with Crippen molar-refractivity contribution in [3.63, 3.8) is 0 Å². The van der Waals surface area contributed by atoms with E-state index < -0.39 is 0 Å². The second-order valence-electron chi connectivity index (χ2n) is 11.3. The summed E-state index contributed by atoms with van der Waals surface area (Å²) in [4.78, 5) is 17.4. The van der Waals surface area contributed by atoms with Gasteiger partial charge in [-0.2, -0.15) is 0 Å². The van der Waals surface area contributed by atoms with Crippen LogP contribution < -0.4 is 0 Å². The molecule has 1 atom stereocenters. The summed E-state index contributed by atoms with van der Waals surface area (Å²) in [6.07, 6.45) is 26.5. The van der Waals surface area contributed by atoms with Gasteiger partial charge in [-0.3, -0.25) is 4.79 Å². The molecular weight excluding hydrogens is 476 g/mol. The molecular formula is C36H80N2O. The zero-order valence-electron chi connectivity index (χ0n) is 29.6. The molecule has 0 aromatic heterocycles. The van der Waals surface area contributed by atoms with E-state index in [1.54, 1.807) is 0 Å². The summed E-state index contributed by atoms with van der Waals surface area (Å²) in [5, 5.41) is 0. The quantitative estimate of drug-likeness (QED) is 0.117. The lowest BCUT2D eigenvalue weighted by Crippen LogP contribution is -2.41. The Morgan fingerprint density at radius 3 is 1.33 bits per heavy atom. The molecule has 0 saturated carbocycles. The lowest BCUT2D eigenvalue weighted by Gasteiger charge is -2.32. The average Bonchev–Trinajstić information content (AvgIpc) is 2.93. The standard InChI is InChI=1S/C24H50N2O.C7H16.C3H8.C2H6/c1-6-9-11-13-15-16-19-23(8-3)26(22-18-21-25(4)5)24(27)20-17-14-12-10-7-2;1-3-5-7-6-4-2;1-3-2;1-2/h23H,6-22H2,1-5H3;3-7H2,1-2H3;3H2,1-2H3;1-2H3. The molecule has 0 aliphatic heterocycles. The summed E-state index contributed by atoms with van der Waals surface area (Å²) in [7, 11) is 4.24. The number of nitrogens with zero attached hydrogens (tertiary/aromatic N) is 2. The highest BCUT2D eigenvalue weighted by molar-refractivity contribution is 5.76. The summed E-state index contributed by atoms with van der Waals surface area (Å²) in [5.74, 6) is 0.406. The highest BCUT2D eigenvalue weighted by Crippen LogP contribution is 2.18. The molecule has 0 aliphatic rings. The first-order chi connectivity index (χ1) is 18.9. The lowest BCUT2D eigenvalue weighted by molar-refractivity contribution is -0.134.